The second kappa shape index (κ2) is 11.1. The number of morpholine rings is 1. The Balaban J connectivity index is 1.49. The van der Waals surface area contributed by atoms with Gasteiger partial charge in [0.2, 0.25) is 11.8 Å². The van der Waals surface area contributed by atoms with Crippen molar-refractivity contribution in [3.8, 4) is 5.75 Å². The van der Waals surface area contributed by atoms with Gasteiger partial charge in [0.25, 0.3) is 0 Å². The van der Waals surface area contributed by atoms with Gasteiger partial charge in [0.1, 0.15) is 18.0 Å². The zero-order chi connectivity index (χ0) is 23.3. The van der Waals surface area contributed by atoms with E-state index in [-0.39, 0.29) is 30.8 Å². The van der Waals surface area contributed by atoms with Crippen LogP contribution in [0.15, 0.2) is 18.2 Å². The van der Waals surface area contributed by atoms with Crippen molar-refractivity contribution in [2.75, 3.05) is 39.4 Å². The quantitative estimate of drug-likeness (QED) is 0.601. The van der Waals surface area contributed by atoms with E-state index in [1.807, 2.05) is 34.9 Å². The maximum absolute atomic E-state index is 13.3. The number of halogens is 1. The molecule has 2 heterocycles. The fourth-order valence-electron chi connectivity index (χ4n) is 5.34. The van der Waals surface area contributed by atoms with E-state index in [0.29, 0.717) is 30.5 Å². The number of benzene rings is 1. The number of ether oxygens (including phenoxy) is 2. The van der Waals surface area contributed by atoms with Gasteiger partial charge in [0, 0.05) is 30.6 Å². The van der Waals surface area contributed by atoms with Crippen molar-refractivity contribution >= 4 is 23.4 Å². The molecule has 1 aromatic rings. The number of carbonyl (C=O) groups is 2. The second-order valence-electron chi connectivity index (χ2n) is 9.94. The van der Waals surface area contributed by atoms with Gasteiger partial charge in [-0.25, -0.2) is 0 Å². The Bertz CT molecular complexity index is 836. The van der Waals surface area contributed by atoms with E-state index in [9.17, 15) is 9.59 Å². The lowest BCUT2D eigenvalue weighted by Crippen LogP contribution is -2.59. The first kappa shape index (κ1) is 24.3. The molecule has 1 aromatic carbocycles. The first-order chi connectivity index (χ1) is 16.0. The van der Waals surface area contributed by atoms with Gasteiger partial charge < -0.3 is 19.3 Å². The van der Waals surface area contributed by atoms with Crippen LogP contribution in [-0.4, -0.2) is 66.6 Å². The molecule has 0 radical (unpaired) electrons. The third kappa shape index (κ3) is 6.21. The summed E-state index contributed by atoms with van der Waals surface area (Å²) in [4.78, 5) is 30.4. The molecule has 2 aliphatic heterocycles. The van der Waals surface area contributed by atoms with Crippen molar-refractivity contribution in [1.29, 1.82) is 0 Å². The summed E-state index contributed by atoms with van der Waals surface area (Å²) in [6.07, 6.45) is 8.90. The fraction of sp³-hybridized carbons (Fsp3) is 0.692. The van der Waals surface area contributed by atoms with Crippen LogP contribution < -0.4 is 4.74 Å². The fourth-order valence-corrected chi connectivity index (χ4v) is 5.46. The first-order valence-electron chi connectivity index (χ1n) is 12.6. The van der Waals surface area contributed by atoms with E-state index in [2.05, 4.69) is 0 Å². The topological polar surface area (TPSA) is 59.1 Å². The molecule has 7 heteroatoms. The maximum Gasteiger partial charge on any atom is 0.225 e. The Morgan fingerprint density at radius 3 is 2.52 bits per heavy atom. The molecule has 3 aliphatic rings. The molecular weight excluding hydrogens is 440 g/mol. The van der Waals surface area contributed by atoms with Crippen LogP contribution in [0.2, 0.25) is 5.02 Å². The minimum Gasteiger partial charge on any atom is -0.490 e. The lowest BCUT2D eigenvalue weighted by Gasteiger charge is -2.44. The van der Waals surface area contributed by atoms with Crippen LogP contribution in [0.25, 0.3) is 0 Å². The third-order valence-corrected chi connectivity index (χ3v) is 7.75. The van der Waals surface area contributed by atoms with Crippen molar-refractivity contribution in [2.45, 2.75) is 70.3 Å². The van der Waals surface area contributed by atoms with Gasteiger partial charge in [-0.05, 0) is 62.8 Å². The SMILES string of the molecule is Cc1cc(OC[C@]2(CC(=O)N3CCCCC3)CN(C(=O)C3CCCCC3)CCO2)ccc1Cl. The van der Waals surface area contributed by atoms with Crippen LogP contribution in [0.1, 0.15) is 63.4 Å². The van der Waals surface area contributed by atoms with Crippen molar-refractivity contribution in [3.63, 3.8) is 0 Å². The number of nitrogens with zero attached hydrogens (tertiary/aromatic N) is 2. The third-order valence-electron chi connectivity index (χ3n) is 7.33. The smallest absolute Gasteiger partial charge is 0.225 e. The Morgan fingerprint density at radius 1 is 1.06 bits per heavy atom. The second-order valence-corrected chi connectivity index (χ2v) is 10.4. The van der Waals surface area contributed by atoms with Gasteiger partial charge in [0.05, 0.1) is 19.6 Å². The molecule has 4 rings (SSSR count). The van der Waals surface area contributed by atoms with Gasteiger partial charge in [-0.2, -0.15) is 0 Å². The molecule has 0 N–H and O–H groups in total. The molecule has 0 unspecified atom stereocenters. The van der Waals surface area contributed by atoms with E-state index < -0.39 is 5.60 Å². The summed E-state index contributed by atoms with van der Waals surface area (Å²) in [5, 5.41) is 0.690. The number of piperidine rings is 1. The van der Waals surface area contributed by atoms with E-state index in [1.54, 1.807) is 0 Å². The Kier molecular flexibility index (Phi) is 8.18. The summed E-state index contributed by atoms with van der Waals surface area (Å²) in [5.41, 5.74) is 0.0938. The van der Waals surface area contributed by atoms with Gasteiger partial charge >= 0.3 is 0 Å². The highest BCUT2D eigenvalue weighted by Gasteiger charge is 2.43. The Labute approximate surface area is 202 Å². The van der Waals surface area contributed by atoms with E-state index in [1.165, 1.54) is 12.8 Å². The van der Waals surface area contributed by atoms with Gasteiger partial charge in [-0.15, -0.1) is 0 Å². The van der Waals surface area contributed by atoms with Gasteiger partial charge in [-0.3, -0.25) is 9.59 Å². The molecule has 1 aliphatic carbocycles. The number of likely N-dealkylation sites (tertiary alicyclic amines) is 1. The summed E-state index contributed by atoms with van der Waals surface area (Å²) >= 11 is 6.16. The summed E-state index contributed by atoms with van der Waals surface area (Å²) in [6.45, 7) is 5.17. The molecule has 0 aromatic heterocycles. The van der Waals surface area contributed by atoms with Crippen LogP contribution >= 0.6 is 11.6 Å². The normalized spacial score (nSPS) is 24.5. The standard InChI is InChI=1S/C26H37ClN2O4/c1-20-16-22(10-11-23(20)27)32-19-26(17-24(30)28-12-6-3-7-13-28)18-29(14-15-33-26)25(31)21-8-4-2-5-9-21/h10-11,16,21H,2-9,12-15,17-19H2,1H3/t26-/m0/s1. The molecule has 2 amide bonds. The average molecular weight is 477 g/mol. The van der Waals surface area contributed by atoms with Crippen molar-refractivity contribution in [1.82, 2.24) is 9.80 Å². The summed E-state index contributed by atoms with van der Waals surface area (Å²) < 4.78 is 12.4. The van der Waals surface area contributed by atoms with Gasteiger partial charge in [0.15, 0.2) is 0 Å². The Hall–Kier alpha value is -1.79. The first-order valence-corrected chi connectivity index (χ1v) is 12.9. The minimum absolute atomic E-state index is 0.0950. The zero-order valence-corrected chi connectivity index (χ0v) is 20.6. The van der Waals surface area contributed by atoms with Crippen LogP contribution in [0.5, 0.6) is 5.75 Å². The van der Waals surface area contributed by atoms with Crippen LogP contribution in [0, 0.1) is 12.8 Å². The maximum atomic E-state index is 13.3. The predicted molar refractivity (Wildman–Crippen MR) is 129 cm³/mol. The molecule has 0 bridgehead atoms. The molecule has 1 atom stereocenters. The highest BCUT2D eigenvalue weighted by Crippen LogP contribution is 2.31. The van der Waals surface area contributed by atoms with E-state index in [0.717, 1.165) is 57.2 Å². The number of amides is 2. The summed E-state index contributed by atoms with van der Waals surface area (Å²) in [6, 6.07) is 5.55. The van der Waals surface area contributed by atoms with Crippen LogP contribution in [0.3, 0.4) is 0 Å². The van der Waals surface area contributed by atoms with Crippen molar-refractivity contribution < 1.29 is 19.1 Å². The Morgan fingerprint density at radius 2 is 1.79 bits per heavy atom. The van der Waals surface area contributed by atoms with E-state index in [4.69, 9.17) is 21.1 Å². The van der Waals surface area contributed by atoms with Crippen LogP contribution in [0.4, 0.5) is 0 Å². The average Bonchev–Trinajstić information content (AvgIpc) is 2.85. The summed E-state index contributed by atoms with van der Waals surface area (Å²) in [5.74, 6) is 1.11. The molecule has 0 spiro atoms. The van der Waals surface area contributed by atoms with E-state index >= 15 is 0 Å². The number of rotatable bonds is 6. The predicted octanol–water partition coefficient (Wildman–Crippen LogP) is 4.61. The monoisotopic (exact) mass is 476 g/mol. The number of carbonyl (C=O) groups excluding carboxylic acids is 2. The minimum atomic E-state index is -0.843. The number of hydrogen-bond acceptors (Lipinski definition) is 4. The molecule has 33 heavy (non-hydrogen) atoms. The number of hydrogen-bond donors (Lipinski definition) is 0. The molecule has 3 fully saturated rings. The van der Waals surface area contributed by atoms with Crippen molar-refractivity contribution in [3.05, 3.63) is 28.8 Å². The lowest BCUT2D eigenvalue weighted by molar-refractivity contribution is -0.169. The largest absolute Gasteiger partial charge is 0.490 e. The van der Waals surface area contributed by atoms with Crippen molar-refractivity contribution in [2.24, 2.45) is 5.92 Å². The zero-order valence-electron chi connectivity index (χ0n) is 19.8. The molecule has 6 nitrogen and oxygen atoms in total. The molecular formula is C26H37ClN2O4. The number of aryl methyl sites for hydroxylation is 1. The highest BCUT2D eigenvalue weighted by molar-refractivity contribution is 6.31. The molecule has 2 saturated heterocycles. The highest BCUT2D eigenvalue weighted by atomic mass is 35.5. The molecule has 1 saturated carbocycles. The summed E-state index contributed by atoms with van der Waals surface area (Å²) in [7, 11) is 0. The lowest BCUT2D eigenvalue weighted by atomic mass is 9.87. The molecule has 182 valence electrons. The van der Waals surface area contributed by atoms with Gasteiger partial charge in [-0.1, -0.05) is 30.9 Å². The van der Waals surface area contributed by atoms with Crippen LogP contribution in [-0.2, 0) is 14.3 Å².